The quantitative estimate of drug-likeness (QED) is 0.354. The summed E-state index contributed by atoms with van der Waals surface area (Å²) < 4.78 is 4.33. The SMILES string of the molecule is Cc1csc2cc(C(C)n3nc(I)c4c(N)ncnc43)c(-c3ccccc3)c(=O)n12. The zero-order valence-corrected chi connectivity index (χ0v) is 19.2. The molecular weight excluding hydrogens is 511 g/mol. The van der Waals surface area contributed by atoms with Gasteiger partial charge in [-0.1, -0.05) is 30.3 Å². The standard InChI is InChI=1S/C21H17IN6OS/c1-11-9-30-15-8-14(16(21(29)27(11)15)13-6-4-3-5-7-13)12(2)28-20-17(18(22)26-28)19(23)24-10-25-20/h3-10,12H,1-2H3,(H2,23,24,25). The van der Waals surface area contributed by atoms with Crippen molar-refractivity contribution < 1.29 is 0 Å². The van der Waals surface area contributed by atoms with E-state index < -0.39 is 0 Å². The van der Waals surface area contributed by atoms with Crippen molar-refractivity contribution in [1.82, 2.24) is 24.1 Å². The fourth-order valence-corrected chi connectivity index (χ4v) is 5.48. The van der Waals surface area contributed by atoms with Gasteiger partial charge in [-0.3, -0.25) is 9.20 Å². The number of fused-ring (bicyclic) bond motifs is 2. The first-order valence-electron chi connectivity index (χ1n) is 9.30. The average Bonchev–Trinajstić information content (AvgIpc) is 3.29. The van der Waals surface area contributed by atoms with Crippen LogP contribution < -0.4 is 11.3 Å². The van der Waals surface area contributed by atoms with E-state index in [1.807, 2.05) is 54.2 Å². The zero-order chi connectivity index (χ0) is 21.0. The van der Waals surface area contributed by atoms with Gasteiger partial charge >= 0.3 is 0 Å². The van der Waals surface area contributed by atoms with Crippen LogP contribution in [0.4, 0.5) is 5.82 Å². The Labute approximate surface area is 189 Å². The molecule has 4 heterocycles. The van der Waals surface area contributed by atoms with Crippen molar-refractivity contribution in [3.05, 3.63) is 73.4 Å². The van der Waals surface area contributed by atoms with Gasteiger partial charge in [0.25, 0.3) is 5.56 Å². The van der Waals surface area contributed by atoms with E-state index in [2.05, 4.69) is 38.6 Å². The minimum absolute atomic E-state index is 0.0281. The highest BCUT2D eigenvalue weighted by molar-refractivity contribution is 14.1. The number of pyridine rings is 1. The van der Waals surface area contributed by atoms with Gasteiger partial charge in [0, 0.05) is 11.1 Å². The summed E-state index contributed by atoms with van der Waals surface area (Å²) in [6.45, 7) is 3.98. The number of hydrogen-bond acceptors (Lipinski definition) is 6. The number of nitrogens with two attached hydrogens (primary N) is 1. The number of aryl methyl sites for hydroxylation is 1. The number of anilines is 1. The van der Waals surface area contributed by atoms with Crippen LogP contribution >= 0.6 is 33.9 Å². The summed E-state index contributed by atoms with van der Waals surface area (Å²) in [5, 5.41) is 7.42. The van der Waals surface area contributed by atoms with Gasteiger partial charge in [0.1, 0.15) is 20.7 Å². The third-order valence-electron chi connectivity index (χ3n) is 5.26. The van der Waals surface area contributed by atoms with Gasteiger partial charge in [-0.25, -0.2) is 14.6 Å². The van der Waals surface area contributed by atoms with E-state index in [1.165, 1.54) is 6.33 Å². The minimum atomic E-state index is -0.236. The van der Waals surface area contributed by atoms with Crippen LogP contribution in [0.2, 0.25) is 0 Å². The van der Waals surface area contributed by atoms with Crippen molar-refractivity contribution in [2.24, 2.45) is 0 Å². The Morgan fingerprint density at radius 3 is 2.73 bits per heavy atom. The molecule has 0 aliphatic carbocycles. The summed E-state index contributed by atoms with van der Waals surface area (Å²) in [6, 6.07) is 11.6. The number of rotatable bonds is 3. The lowest BCUT2D eigenvalue weighted by molar-refractivity contribution is 0.575. The Balaban J connectivity index is 1.83. The lowest BCUT2D eigenvalue weighted by atomic mass is 9.97. The summed E-state index contributed by atoms with van der Waals surface area (Å²) in [5.74, 6) is 0.399. The van der Waals surface area contributed by atoms with E-state index in [4.69, 9.17) is 10.8 Å². The molecule has 30 heavy (non-hydrogen) atoms. The Morgan fingerprint density at radius 2 is 1.97 bits per heavy atom. The molecule has 1 aromatic carbocycles. The monoisotopic (exact) mass is 528 g/mol. The molecule has 0 aliphatic heterocycles. The number of hydrogen-bond donors (Lipinski definition) is 1. The molecule has 0 fully saturated rings. The van der Waals surface area contributed by atoms with Crippen LogP contribution in [-0.2, 0) is 0 Å². The van der Waals surface area contributed by atoms with Crippen molar-refractivity contribution in [3.8, 4) is 11.1 Å². The Morgan fingerprint density at radius 1 is 1.20 bits per heavy atom. The molecule has 150 valence electrons. The molecule has 0 saturated heterocycles. The van der Waals surface area contributed by atoms with Crippen LogP contribution in [0, 0.1) is 10.6 Å². The van der Waals surface area contributed by atoms with Crippen LogP contribution in [0.3, 0.4) is 0 Å². The largest absolute Gasteiger partial charge is 0.383 e. The van der Waals surface area contributed by atoms with Crippen molar-refractivity contribution in [1.29, 1.82) is 0 Å². The van der Waals surface area contributed by atoms with Crippen LogP contribution in [0.25, 0.3) is 27.0 Å². The maximum atomic E-state index is 13.6. The number of thiazole rings is 1. The van der Waals surface area contributed by atoms with Gasteiger partial charge in [-0.05, 0) is 53.6 Å². The van der Waals surface area contributed by atoms with Crippen LogP contribution in [-0.4, -0.2) is 24.1 Å². The third-order valence-corrected chi connectivity index (χ3v) is 7.02. The molecular formula is C21H17IN6OS. The second-order valence-electron chi connectivity index (χ2n) is 7.07. The van der Waals surface area contributed by atoms with Crippen molar-refractivity contribution >= 4 is 55.6 Å². The molecule has 0 bridgehead atoms. The van der Waals surface area contributed by atoms with Gasteiger partial charge in [0.2, 0.25) is 0 Å². The molecule has 4 aromatic heterocycles. The zero-order valence-electron chi connectivity index (χ0n) is 16.2. The van der Waals surface area contributed by atoms with E-state index in [9.17, 15) is 4.79 Å². The number of halogens is 1. The Kier molecular flexibility index (Phi) is 4.58. The summed E-state index contributed by atoms with van der Waals surface area (Å²) in [7, 11) is 0. The molecule has 7 nitrogen and oxygen atoms in total. The fraction of sp³-hybridized carbons (Fsp3) is 0.143. The summed E-state index contributed by atoms with van der Waals surface area (Å²) in [4.78, 5) is 23.0. The molecule has 5 aromatic rings. The molecule has 0 radical (unpaired) electrons. The maximum Gasteiger partial charge on any atom is 0.264 e. The minimum Gasteiger partial charge on any atom is -0.383 e. The van der Waals surface area contributed by atoms with E-state index >= 15 is 0 Å². The normalized spacial score (nSPS) is 12.6. The number of nitrogen functional groups attached to an aromatic ring is 1. The third kappa shape index (κ3) is 2.83. The highest BCUT2D eigenvalue weighted by Crippen LogP contribution is 2.33. The molecule has 9 heteroatoms. The van der Waals surface area contributed by atoms with E-state index in [1.54, 1.807) is 15.7 Å². The van der Waals surface area contributed by atoms with E-state index in [-0.39, 0.29) is 11.6 Å². The predicted octanol–water partition coefficient (Wildman–Crippen LogP) is 4.27. The second kappa shape index (κ2) is 7.17. The van der Waals surface area contributed by atoms with Gasteiger partial charge in [0.05, 0.1) is 17.0 Å². The smallest absolute Gasteiger partial charge is 0.264 e. The van der Waals surface area contributed by atoms with Crippen LogP contribution in [0.5, 0.6) is 0 Å². The summed E-state index contributed by atoms with van der Waals surface area (Å²) in [6.07, 6.45) is 1.44. The fourth-order valence-electron chi connectivity index (χ4n) is 3.80. The molecule has 1 atom stereocenters. The van der Waals surface area contributed by atoms with Gasteiger partial charge in [0.15, 0.2) is 5.65 Å². The van der Waals surface area contributed by atoms with Gasteiger partial charge in [-0.2, -0.15) is 5.10 Å². The maximum absolute atomic E-state index is 13.6. The first kappa shape index (κ1) is 19.2. The second-order valence-corrected chi connectivity index (χ2v) is 8.98. The molecule has 5 rings (SSSR count). The molecule has 1 unspecified atom stereocenters. The summed E-state index contributed by atoms with van der Waals surface area (Å²) >= 11 is 3.70. The Bertz CT molecular complexity index is 1470. The van der Waals surface area contributed by atoms with Crippen molar-refractivity contribution in [2.45, 2.75) is 19.9 Å². The molecule has 0 aliphatic rings. The Hall–Kier alpha value is -2.79. The van der Waals surface area contributed by atoms with Gasteiger partial charge < -0.3 is 5.73 Å². The molecule has 0 amide bonds. The summed E-state index contributed by atoms with van der Waals surface area (Å²) in [5.41, 5.74) is 10.1. The molecule has 0 saturated carbocycles. The van der Waals surface area contributed by atoms with Crippen LogP contribution in [0.15, 0.2) is 52.9 Å². The van der Waals surface area contributed by atoms with Crippen molar-refractivity contribution in [3.63, 3.8) is 0 Å². The predicted molar refractivity (Wildman–Crippen MR) is 128 cm³/mol. The highest BCUT2D eigenvalue weighted by atomic mass is 127. The van der Waals surface area contributed by atoms with E-state index in [0.717, 1.165) is 30.7 Å². The number of benzene rings is 1. The van der Waals surface area contributed by atoms with Crippen molar-refractivity contribution in [2.75, 3.05) is 5.73 Å². The van der Waals surface area contributed by atoms with E-state index in [0.29, 0.717) is 17.0 Å². The lowest BCUT2D eigenvalue weighted by Gasteiger charge is -2.18. The number of nitrogens with zero attached hydrogens (tertiary/aromatic N) is 5. The first-order valence-corrected chi connectivity index (χ1v) is 11.3. The first-order chi connectivity index (χ1) is 14.5. The molecule has 0 spiro atoms. The highest BCUT2D eigenvalue weighted by Gasteiger charge is 2.24. The molecule has 2 N–H and O–H groups in total. The van der Waals surface area contributed by atoms with Crippen LogP contribution in [0.1, 0.15) is 24.2 Å². The average molecular weight is 528 g/mol. The lowest BCUT2D eigenvalue weighted by Crippen LogP contribution is -2.21. The number of aromatic nitrogens is 5. The topological polar surface area (TPSA) is 91.1 Å². The van der Waals surface area contributed by atoms with Gasteiger partial charge in [-0.15, -0.1) is 11.3 Å².